The van der Waals surface area contributed by atoms with Gasteiger partial charge in [-0.25, -0.2) is 0 Å². The lowest BCUT2D eigenvalue weighted by Crippen LogP contribution is -2.41. The molecule has 2 N–H and O–H groups in total. The van der Waals surface area contributed by atoms with Crippen LogP contribution in [0, 0.1) is 0 Å². The van der Waals surface area contributed by atoms with Gasteiger partial charge in [0.2, 0.25) is 5.91 Å². The van der Waals surface area contributed by atoms with Gasteiger partial charge < -0.3 is 10.4 Å². The van der Waals surface area contributed by atoms with Gasteiger partial charge in [-0.1, -0.05) is 24.3 Å². The summed E-state index contributed by atoms with van der Waals surface area (Å²) >= 11 is 1.55. The summed E-state index contributed by atoms with van der Waals surface area (Å²) in [5, 5.41) is 13.3. The van der Waals surface area contributed by atoms with E-state index in [1.807, 2.05) is 43.5 Å². The second-order valence-electron chi connectivity index (χ2n) is 4.98. The zero-order valence-electron chi connectivity index (χ0n) is 12.2. The van der Waals surface area contributed by atoms with Crippen LogP contribution in [0.5, 0.6) is 0 Å². The number of hydrogen-bond acceptors (Lipinski definition) is 4. The Kier molecular flexibility index (Phi) is 5.59. The number of para-hydroxylation sites is 1. The van der Waals surface area contributed by atoms with E-state index in [4.69, 9.17) is 0 Å². The maximum absolute atomic E-state index is 12.2. The molecule has 0 aliphatic heterocycles. The molecule has 0 saturated carbocycles. The highest BCUT2D eigenvalue weighted by molar-refractivity contribution is 7.99. The van der Waals surface area contributed by atoms with Crippen LogP contribution in [0.4, 0.5) is 0 Å². The smallest absolute Gasteiger partial charge is 0.224 e. The van der Waals surface area contributed by atoms with E-state index in [1.54, 1.807) is 18.0 Å². The Balaban J connectivity index is 2.08. The normalized spacial score (nSPS) is 13.9. The lowest BCUT2D eigenvalue weighted by molar-refractivity contribution is -0.121. The third-order valence-electron chi connectivity index (χ3n) is 3.50. The first-order valence-corrected chi connectivity index (χ1v) is 8.20. The number of rotatable bonds is 6. The molecular formula is C16H20N2O2S. The maximum Gasteiger partial charge on any atom is 0.224 e. The lowest BCUT2D eigenvalue weighted by Gasteiger charge is -2.21. The summed E-state index contributed by atoms with van der Waals surface area (Å²) < 4.78 is 0. The van der Waals surface area contributed by atoms with E-state index in [9.17, 15) is 9.90 Å². The molecule has 21 heavy (non-hydrogen) atoms. The molecule has 2 aromatic rings. The molecule has 0 saturated heterocycles. The van der Waals surface area contributed by atoms with Crippen LogP contribution in [0.25, 0.3) is 10.9 Å². The Morgan fingerprint density at radius 1 is 1.38 bits per heavy atom. The number of hydrogen-bond donors (Lipinski definition) is 2. The number of amides is 1. The SMILES string of the molecule is CS[C@@H](CO)[C@H](C)NC(=O)Cc1cccc2cccnc12. The first kappa shape index (κ1) is 15.8. The first-order valence-electron chi connectivity index (χ1n) is 6.91. The molecule has 4 nitrogen and oxygen atoms in total. The van der Waals surface area contributed by atoms with E-state index >= 15 is 0 Å². The summed E-state index contributed by atoms with van der Waals surface area (Å²) in [6.45, 7) is 1.97. The van der Waals surface area contributed by atoms with Gasteiger partial charge in [0.05, 0.1) is 18.5 Å². The fourth-order valence-electron chi connectivity index (χ4n) is 2.32. The monoisotopic (exact) mass is 304 g/mol. The third-order valence-corrected chi connectivity index (χ3v) is 4.66. The molecule has 2 atom stereocenters. The second-order valence-corrected chi connectivity index (χ2v) is 6.06. The van der Waals surface area contributed by atoms with Gasteiger partial charge in [-0.2, -0.15) is 11.8 Å². The van der Waals surface area contributed by atoms with E-state index < -0.39 is 0 Å². The molecule has 0 aliphatic carbocycles. The van der Waals surface area contributed by atoms with E-state index in [0.29, 0.717) is 6.42 Å². The predicted molar refractivity (Wildman–Crippen MR) is 87.4 cm³/mol. The van der Waals surface area contributed by atoms with Crippen LogP contribution in [0.3, 0.4) is 0 Å². The molecule has 0 unspecified atom stereocenters. The number of carbonyl (C=O) groups is 1. The molecule has 0 bridgehead atoms. The van der Waals surface area contributed by atoms with Crippen molar-refractivity contribution in [1.29, 1.82) is 0 Å². The van der Waals surface area contributed by atoms with Gasteiger partial charge in [-0.15, -0.1) is 0 Å². The molecule has 2 rings (SSSR count). The first-order chi connectivity index (χ1) is 10.2. The van der Waals surface area contributed by atoms with Crippen LogP contribution in [-0.2, 0) is 11.2 Å². The predicted octanol–water partition coefficient (Wildman–Crippen LogP) is 2.01. The molecular weight excluding hydrogens is 284 g/mol. The Labute approximate surface area is 129 Å². The second kappa shape index (κ2) is 7.43. The summed E-state index contributed by atoms with van der Waals surface area (Å²) in [6, 6.07) is 9.66. The summed E-state index contributed by atoms with van der Waals surface area (Å²) in [6.07, 6.45) is 3.96. The molecule has 1 heterocycles. The highest BCUT2D eigenvalue weighted by Crippen LogP contribution is 2.17. The Morgan fingerprint density at radius 2 is 2.14 bits per heavy atom. The van der Waals surface area contributed by atoms with Crippen molar-refractivity contribution in [1.82, 2.24) is 10.3 Å². The number of thioether (sulfide) groups is 1. The zero-order valence-corrected chi connectivity index (χ0v) is 13.1. The Hall–Kier alpha value is -1.59. The van der Waals surface area contributed by atoms with Gasteiger partial charge in [0, 0.05) is 22.9 Å². The quantitative estimate of drug-likeness (QED) is 0.857. The fraction of sp³-hybridized carbons (Fsp3) is 0.375. The van der Waals surface area contributed by atoms with Crippen molar-refractivity contribution < 1.29 is 9.90 Å². The maximum atomic E-state index is 12.2. The van der Waals surface area contributed by atoms with Gasteiger partial charge in [0.15, 0.2) is 0 Å². The van der Waals surface area contributed by atoms with Gasteiger partial charge in [0.25, 0.3) is 0 Å². The highest BCUT2D eigenvalue weighted by atomic mass is 32.2. The number of benzene rings is 1. The van der Waals surface area contributed by atoms with Crippen molar-refractivity contribution in [2.45, 2.75) is 24.6 Å². The number of aromatic nitrogens is 1. The largest absolute Gasteiger partial charge is 0.395 e. The van der Waals surface area contributed by atoms with Crippen LogP contribution in [0.1, 0.15) is 12.5 Å². The topological polar surface area (TPSA) is 62.2 Å². The summed E-state index contributed by atoms with van der Waals surface area (Å²) in [4.78, 5) is 16.5. The minimum atomic E-state index is -0.0690. The van der Waals surface area contributed by atoms with Crippen molar-refractivity contribution in [2.75, 3.05) is 12.9 Å². The van der Waals surface area contributed by atoms with Crippen LogP contribution in [-0.4, -0.2) is 40.2 Å². The molecule has 0 aliphatic rings. The van der Waals surface area contributed by atoms with E-state index in [-0.39, 0.29) is 23.8 Å². The number of aliphatic hydroxyl groups is 1. The number of pyridine rings is 1. The van der Waals surface area contributed by atoms with Crippen LogP contribution in [0.2, 0.25) is 0 Å². The minimum absolute atomic E-state index is 0.0135. The van der Waals surface area contributed by atoms with Gasteiger partial charge in [-0.05, 0) is 24.8 Å². The molecule has 1 amide bonds. The molecule has 112 valence electrons. The molecule has 0 spiro atoms. The third kappa shape index (κ3) is 3.95. The van der Waals surface area contributed by atoms with Crippen LogP contribution >= 0.6 is 11.8 Å². The molecule has 0 radical (unpaired) electrons. The highest BCUT2D eigenvalue weighted by Gasteiger charge is 2.18. The minimum Gasteiger partial charge on any atom is -0.395 e. The van der Waals surface area contributed by atoms with E-state index in [1.165, 1.54) is 0 Å². The van der Waals surface area contributed by atoms with Crippen molar-refractivity contribution >= 4 is 28.6 Å². The average molecular weight is 304 g/mol. The Morgan fingerprint density at radius 3 is 2.86 bits per heavy atom. The van der Waals surface area contributed by atoms with Crippen molar-refractivity contribution in [3.8, 4) is 0 Å². The molecule has 1 aromatic carbocycles. The summed E-state index contributed by atoms with van der Waals surface area (Å²) in [5.41, 5.74) is 1.79. The van der Waals surface area contributed by atoms with Gasteiger partial charge in [0.1, 0.15) is 0 Å². The zero-order chi connectivity index (χ0) is 15.2. The average Bonchev–Trinajstić information content (AvgIpc) is 2.48. The van der Waals surface area contributed by atoms with Crippen molar-refractivity contribution in [3.05, 3.63) is 42.1 Å². The Bertz CT molecular complexity index is 609. The number of nitrogens with zero attached hydrogens (tertiary/aromatic N) is 1. The van der Waals surface area contributed by atoms with Gasteiger partial charge in [-0.3, -0.25) is 9.78 Å². The van der Waals surface area contributed by atoms with E-state index in [2.05, 4.69) is 10.3 Å². The number of carbonyl (C=O) groups excluding carboxylic acids is 1. The van der Waals surface area contributed by atoms with Gasteiger partial charge >= 0.3 is 0 Å². The number of fused-ring (bicyclic) bond motifs is 1. The number of nitrogens with one attached hydrogen (secondary N) is 1. The van der Waals surface area contributed by atoms with Crippen molar-refractivity contribution in [3.63, 3.8) is 0 Å². The molecule has 0 fully saturated rings. The van der Waals surface area contributed by atoms with Crippen LogP contribution in [0.15, 0.2) is 36.5 Å². The molecule has 1 aromatic heterocycles. The standard InChI is InChI=1S/C16H20N2O2S/c1-11(14(10-19)21-2)18-15(20)9-13-6-3-5-12-7-4-8-17-16(12)13/h3-8,11,14,19H,9-10H2,1-2H3,(H,18,20)/t11-,14-/m0/s1. The molecule has 5 heteroatoms. The van der Waals surface area contributed by atoms with E-state index in [0.717, 1.165) is 16.5 Å². The lowest BCUT2D eigenvalue weighted by atomic mass is 10.1. The number of aliphatic hydroxyl groups excluding tert-OH is 1. The van der Waals surface area contributed by atoms with Crippen molar-refractivity contribution in [2.24, 2.45) is 0 Å². The summed E-state index contributed by atoms with van der Waals surface area (Å²) in [5.74, 6) is -0.0480. The summed E-state index contributed by atoms with van der Waals surface area (Å²) in [7, 11) is 0. The van der Waals surface area contributed by atoms with Crippen LogP contribution < -0.4 is 5.32 Å². The fourth-order valence-corrected chi connectivity index (χ4v) is 2.94.